The molecule has 0 aliphatic rings. The Balaban J connectivity index is 1.92. The average molecular weight is 264 g/mol. The van der Waals surface area contributed by atoms with Crippen molar-refractivity contribution >= 4 is 0 Å². The lowest BCUT2D eigenvalue weighted by Crippen LogP contribution is -2.06. The Labute approximate surface area is 118 Å². The number of pyridine rings is 1. The summed E-state index contributed by atoms with van der Waals surface area (Å²) in [4.78, 5) is 4.26. The Morgan fingerprint density at radius 3 is 2.70 bits per heavy atom. The zero-order chi connectivity index (χ0) is 13.8. The molecule has 0 bridgehead atoms. The Morgan fingerprint density at radius 1 is 1.05 bits per heavy atom. The number of aromatic nitrogens is 3. The normalized spacial score (nSPS) is 10.7. The van der Waals surface area contributed by atoms with Gasteiger partial charge in [0.25, 0.3) is 0 Å². The van der Waals surface area contributed by atoms with Crippen LogP contribution in [0.4, 0.5) is 0 Å². The molecule has 2 aromatic heterocycles. The minimum atomic E-state index is 0.799. The Morgan fingerprint density at radius 2 is 1.90 bits per heavy atom. The topological polar surface area (TPSA) is 42.7 Å². The molecule has 3 rings (SSSR count). The average Bonchev–Trinajstić information content (AvgIpc) is 2.99. The van der Waals surface area contributed by atoms with E-state index in [1.807, 2.05) is 54.7 Å². The molecule has 20 heavy (non-hydrogen) atoms. The van der Waals surface area contributed by atoms with Crippen LogP contribution in [-0.4, -0.2) is 21.8 Å². The molecule has 0 unspecified atom stereocenters. The van der Waals surface area contributed by atoms with Gasteiger partial charge >= 0.3 is 0 Å². The zero-order valence-electron chi connectivity index (χ0n) is 11.3. The third kappa shape index (κ3) is 2.60. The highest BCUT2D eigenvalue weighted by Gasteiger charge is 2.04. The quantitative estimate of drug-likeness (QED) is 0.787. The van der Waals surface area contributed by atoms with Crippen LogP contribution in [0.5, 0.6) is 0 Å². The van der Waals surface area contributed by atoms with E-state index in [4.69, 9.17) is 0 Å². The molecule has 0 fully saturated rings. The Kier molecular flexibility index (Phi) is 3.56. The summed E-state index contributed by atoms with van der Waals surface area (Å²) >= 11 is 0. The van der Waals surface area contributed by atoms with E-state index in [-0.39, 0.29) is 0 Å². The van der Waals surface area contributed by atoms with Crippen molar-refractivity contribution in [2.75, 3.05) is 7.05 Å². The van der Waals surface area contributed by atoms with E-state index in [1.165, 1.54) is 0 Å². The maximum absolute atomic E-state index is 4.42. The van der Waals surface area contributed by atoms with Crippen LogP contribution in [0, 0.1) is 0 Å². The maximum Gasteiger partial charge on any atom is 0.0832 e. The second kappa shape index (κ2) is 5.67. The number of nitrogens with one attached hydrogen (secondary N) is 1. The maximum atomic E-state index is 4.42. The van der Waals surface area contributed by atoms with E-state index >= 15 is 0 Å². The molecule has 100 valence electrons. The molecule has 4 nitrogen and oxygen atoms in total. The second-order valence-corrected chi connectivity index (χ2v) is 4.62. The molecule has 0 saturated carbocycles. The van der Waals surface area contributed by atoms with Crippen molar-refractivity contribution in [3.63, 3.8) is 0 Å². The summed E-state index contributed by atoms with van der Waals surface area (Å²) in [5.74, 6) is 0. The van der Waals surface area contributed by atoms with E-state index in [0.717, 1.165) is 28.9 Å². The van der Waals surface area contributed by atoms with Crippen molar-refractivity contribution < 1.29 is 0 Å². The van der Waals surface area contributed by atoms with Crippen molar-refractivity contribution in [2.45, 2.75) is 6.54 Å². The molecular formula is C16H16N4. The van der Waals surface area contributed by atoms with Crippen molar-refractivity contribution in [2.24, 2.45) is 0 Å². The van der Waals surface area contributed by atoms with Crippen molar-refractivity contribution in [1.82, 2.24) is 20.1 Å². The van der Waals surface area contributed by atoms with E-state index < -0.39 is 0 Å². The third-order valence-electron chi connectivity index (χ3n) is 3.12. The van der Waals surface area contributed by atoms with Gasteiger partial charge in [-0.05, 0) is 24.2 Å². The summed E-state index contributed by atoms with van der Waals surface area (Å²) in [5.41, 5.74) is 4.38. The van der Waals surface area contributed by atoms with Gasteiger partial charge in [-0.2, -0.15) is 5.10 Å². The summed E-state index contributed by atoms with van der Waals surface area (Å²) in [6.07, 6.45) is 7.58. The fraction of sp³-hybridized carbons (Fsp3) is 0.125. The Hall–Kier alpha value is -2.46. The predicted octanol–water partition coefficient (Wildman–Crippen LogP) is 2.65. The molecule has 0 atom stereocenters. The summed E-state index contributed by atoms with van der Waals surface area (Å²) in [6.45, 7) is 0.799. The zero-order valence-corrected chi connectivity index (χ0v) is 11.3. The van der Waals surface area contributed by atoms with Crippen LogP contribution < -0.4 is 5.32 Å². The first kappa shape index (κ1) is 12.6. The van der Waals surface area contributed by atoms with E-state index in [0.29, 0.717) is 0 Å². The highest BCUT2D eigenvalue weighted by Crippen LogP contribution is 2.19. The minimum absolute atomic E-state index is 0.799. The molecule has 3 aromatic rings. The lowest BCUT2D eigenvalue weighted by atomic mass is 10.1. The largest absolute Gasteiger partial charge is 0.316 e. The number of hydrogen-bond donors (Lipinski definition) is 1. The fourth-order valence-electron chi connectivity index (χ4n) is 2.14. The van der Waals surface area contributed by atoms with Crippen LogP contribution in [0.3, 0.4) is 0 Å². The van der Waals surface area contributed by atoms with Gasteiger partial charge in [-0.15, -0.1) is 0 Å². The van der Waals surface area contributed by atoms with Gasteiger partial charge < -0.3 is 5.32 Å². The first-order valence-corrected chi connectivity index (χ1v) is 6.56. The Bertz CT molecular complexity index is 688. The second-order valence-electron chi connectivity index (χ2n) is 4.62. The van der Waals surface area contributed by atoms with Gasteiger partial charge in [-0.3, -0.25) is 4.98 Å². The van der Waals surface area contributed by atoms with Gasteiger partial charge in [0.1, 0.15) is 0 Å². The minimum Gasteiger partial charge on any atom is -0.316 e. The van der Waals surface area contributed by atoms with Gasteiger partial charge in [0.2, 0.25) is 0 Å². The van der Waals surface area contributed by atoms with E-state index in [9.17, 15) is 0 Å². The highest BCUT2D eigenvalue weighted by molar-refractivity contribution is 5.61. The molecule has 0 aliphatic heterocycles. The molecule has 2 heterocycles. The lowest BCUT2D eigenvalue weighted by Gasteiger charge is -2.04. The van der Waals surface area contributed by atoms with Crippen LogP contribution in [0.1, 0.15) is 5.56 Å². The van der Waals surface area contributed by atoms with Gasteiger partial charge in [-0.25, -0.2) is 4.68 Å². The predicted molar refractivity (Wildman–Crippen MR) is 79.6 cm³/mol. The summed E-state index contributed by atoms with van der Waals surface area (Å²) < 4.78 is 1.86. The monoisotopic (exact) mass is 264 g/mol. The lowest BCUT2D eigenvalue weighted by molar-refractivity contribution is 0.804. The first-order chi connectivity index (χ1) is 9.86. The molecule has 0 radical (unpaired) electrons. The smallest absolute Gasteiger partial charge is 0.0832 e. The SMILES string of the molecule is CNCc1cncc(-n2cc(-c3ccccc3)cn2)c1. The van der Waals surface area contributed by atoms with Crippen LogP contribution in [0.25, 0.3) is 16.8 Å². The molecule has 1 N–H and O–H groups in total. The molecular weight excluding hydrogens is 248 g/mol. The number of benzene rings is 1. The third-order valence-corrected chi connectivity index (χ3v) is 3.12. The van der Waals surface area contributed by atoms with Crippen LogP contribution in [-0.2, 0) is 6.54 Å². The van der Waals surface area contributed by atoms with Gasteiger partial charge in [0.15, 0.2) is 0 Å². The number of rotatable bonds is 4. The fourth-order valence-corrected chi connectivity index (χ4v) is 2.14. The number of hydrogen-bond acceptors (Lipinski definition) is 3. The van der Waals surface area contributed by atoms with Crippen LogP contribution in [0.2, 0.25) is 0 Å². The van der Waals surface area contributed by atoms with Crippen LogP contribution >= 0.6 is 0 Å². The molecule has 0 spiro atoms. The van der Waals surface area contributed by atoms with Crippen LogP contribution in [0.15, 0.2) is 61.2 Å². The summed E-state index contributed by atoms with van der Waals surface area (Å²) in [6, 6.07) is 12.3. The van der Waals surface area contributed by atoms with E-state index in [1.54, 1.807) is 0 Å². The molecule has 1 aromatic carbocycles. The van der Waals surface area contributed by atoms with Crippen molar-refractivity contribution in [3.8, 4) is 16.8 Å². The molecule has 0 saturated heterocycles. The first-order valence-electron chi connectivity index (χ1n) is 6.56. The molecule has 0 aliphatic carbocycles. The standard InChI is InChI=1S/C16H16N4/c1-17-8-13-7-16(11-18-9-13)20-12-15(10-19-20)14-5-3-2-4-6-14/h2-7,9-12,17H,8H2,1H3. The van der Waals surface area contributed by atoms with Gasteiger partial charge in [-0.1, -0.05) is 30.3 Å². The van der Waals surface area contributed by atoms with Crippen molar-refractivity contribution in [3.05, 3.63) is 66.7 Å². The summed E-state index contributed by atoms with van der Waals surface area (Å²) in [5, 5.41) is 7.54. The van der Waals surface area contributed by atoms with Gasteiger partial charge in [0.05, 0.1) is 18.1 Å². The van der Waals surface area contributed by atoms with Gasteiger partial charge in [0, 0.05) is 24.5 Å². The molecule has 0 amide bonds. The summed E-state index contributed by atoms with van der Waals surface area (Å²) in [7, 11) is 1.92. The molecule has 4 heteroatoms. The highest BCUT2D eigenvalue weighted by atomic mass is 15.3. The number of nitrogens with zero attached hydrogens (tertiary/aromatic N) is 3. The van der Waals surface area contributed by atoms with Crippen molar-refractivity contribution in [1.29, 1.82) is 0 Å². The van der Waals surface area contributed by atoms with E-state index in [2.05, 4.69) is 33.6 Å².